The lowest BCUT2D eigenvalue weighted by atomic mass is 10.1. The first-order chi connectivity index (χ1) is 13.2. The number of nitrogens with zero attached hydrogens (tertiary/aromatic N) is 1. The molecule has 0 aromatic heterocycles. The summed E-state index contributed by atoms with van der Waals surface area (Å²) in [4.78, 5) is 25.1. The van der Waals surface area contributed by atoms with Crippen molar-refractivity contribution in [3.8, 4) is 11.5 Å². The Bertz CT molecular complexity index is 868. The van der Waals surface area contributed by atoms with E-state index in [2.05, 4.69) is 5.32 Å². The van der Waals surface area contributed by atoms with Crippen molar-refractivity contribution in [1.29, 1.82) is 0 Å². The van der Waals surface area contributed by atoms with Crippen LogP contribution >= 0.6 is 0 Å². The molecule has 0 atom stereocenters. The molecule has 6 nitrogen and oxygen atoms in total. The number of carbonyl (C=O) groups is 2. The van der Waals surface area contributed by atoms with Crippen molar-refractivity contribution in [1.82, 2.24) is 0 Å². The van der Waals surface area contributed by atoms with Gasteiger partial charge in [0.2, 0.25) is 11.8 Å². The Morgan fingerprint density at radius 2 is 1.75 bits per heavy atom. The molecule has 2 amide bonds. The molecular weight excluding hydrogens is 377 g/mol. The fourth-order valence-corrected chi connectivity index (χ4v) is 2.55. The van der Waals surface area contributed by atoms with E-state index in [1.165, 1.54) is 38.5 Å². The van der Waals surface area contributed by atoms with Crippen molar-refractivity contribution in [3.05, 3.63) is 48.0 Å². The summed E-state index contributed by atoms with van der Waals surface area (Å²) in [5.74, 6) is -0.582. The number of benzene rings is 2. The maximum absolute atomic E-state index is 13.3. The summed E-state index contributed by atoms with van der Waals surface area (Å²) in [5.41, 5.74) is -1.10. The molecule has 0 saturated carbocycles. The summed E-state index contributed by atoms with van der Waals surface area (Å²) >= 11 is 0. The summed E-state index contributed by atoms with van der Waals surface area (Å²) in [5, 5.41) is 2.53. The van der Waals surface area contributed by atoms with Gasteiger partial charge in [-0.05, 0) is 24.3 Å². The standard InChI is InChI=1S/C19H19F3N2O4/c1-12(25)24(16-7-5-4-6-14(16)19(20,21)22)11-18(26)23-15-9-8-13(27-2)10-17(15)28-3/h4-10H,11H2,1-3H3,(H,23,26). The van der Waals surface area contributed by atoms with E-state index >= 15 is 0 Å². The van der Waals surface area contributed by atoms with E-state index in [0.717, 1.165) is 24.0 Å². The van der Waals surface area contributed by atoms with Crippen LogP contribution < -0.4 is 19.7 Å². The van der Waals surface area contributed by atoms with E-state index in [4.69, 9.17) is 9.47 Å². The molecule has 0 fully saturated rings. The molecule has 28 heavy (non-hydrogen) atoms. The Kier molecular flexibility index (Phi) is 6.50. The molecule has 0 spiro atoms. The monoisotopic (exact) mass is 396 g/mol. The van der Waals surface area contributed by atoms with Gasteiger partial charge in [0.05, 0.1) is 31.2 Å². The highest BCUT2D eigenvalue weighted by Crippen LogP contribution is 2.36. The Balaban J connectivity index is 2.27. The number of carbonyl (C=O) groups excluding carboxylic acids is 2. The topological polar surface area (TPSA) is 67.9 Å². The normalized spacial score (nSPS) is 10.9. The quantitative estimate of drug-likeness (QED) is 0.808. The Morgan fingerprint density at radius 1 is 1.07 bits per heavy atom. The fourth-order valence-electron chi connectivity index (χ4n) is 2.55. The van der Waals surface area contributed by atoms with Crippen LogP contribution in [0.25, 0.3) is 0 Å². The zero-order valence-electron chi connectivity index (χ0n) is 15.5. The van der Waals surface area contributed by atoms with Crippen LogP contribution in [0, 0.1) is 0 Å². The molecule has 0 aliphatic heterocycles. The molecule has 1 N–H and O–H groups in total. The van der Waals surface area contributed by atoms with Crippen molar-refractivity contribution in [2.24, 2.45) is 0 Å². The number of nitrogens with one attached hydrogen (secondary N) is 1. The molecule has 0 bridgehead atoms. The van der Waals surface area contributed by atoms with E-state index in [1.54, 1.807) is 6.07 Å². The summed E-state index contributed by atoms with van der Waals surface area (Å²) in [7, 11) is 2.86. The lowest BCUT2D eigenvalue weighted by Gasteiger charge is -2.24. The average Bonchev–Trinajstić information content (AvgIpc) is 2.65. The van der Waals surface area contributed by atoms with E-state index < -0.39 is 30.1 Å². The molecule has 0 aliphatic rings. The molecule has 2 aromatic rings. The third-order valence-corrected chi connectivity index (χ3v) is 3.86. The summed E-state index contributed by atoms with van der Waals surface area (Å²) in [6.45, 7) is 0.492. The van der Waals surface area contributed by atoms with Crippen LogP contribution in [0.2, 0.25) is 0 Å². The van der Waals surface area contributed by atoms with Gasteiger partial charge >= 0.3 is 6.18 Å². The lowest BCUT2D eigenvalue weighted by Crippen LogP contribution is -2.37. The van der Waals surface area contributed by atoms with Crippen LogP contribution in [0.1, 0.15) is 12.5 Å². The third-order valence-electron chi connectivity index (χ3n) is 3.86. The van der Waals surface area contributed by atoms with E-state index in [0.29, 0.717) is 17.2 Å². The maximum atomic E-state index is 13.3. The van der Waals surface area contributed by atoms with Gasteiger partial charge in [-0.15, -0.1) is 0 Å². The number of hydrogen-bond donors (Lipinski definition) is 1. The third kappa shape index (κ3) is 4.93. The van der Waals surface area contributed by atoms with Crippen LogP contribution in [-0.4, -0.2) is 32.6 Å². The minimum atomic E-state index is -4.67. The maximum Gasteiger partial charge on any atom is 0.418 e. The minimum Gasteiger partial charge on any atom is -0.497 e. The Hall–Kier alpha value is -3.23. The van der Waals surface area contributed by atoms with E-state index in [-0.39, 0.29) is 5.69 Å². The molecule has 150 valence electrons. The molecule has 0 aliphatic carbocycles. The van der Waals surface area contributed by atoms with Crippen LogP contribution in [0.5, 0.6) is 11.5 Å². The molecule has 0 unspecified atom stereocenters. The molecule has 2 aromatic carbocycles. The SMILES string of the molecule is COc1ccc(NC(=O)CN(C(C)=O)c2ccccc2C(F)(F)F)c(OC)c1. The number of para-hydroxylation sites is 1. The van der Waals surface area contributed by atoms with Gasteiger partial charge < -0.3 is 19.7 Å². The van der Waals surface area contributed by atoms with E-state index in [9.17, 15) is 22.8 Å². The Labute approximate surface area is 159 Å². The Morgan fingerprint density at radius 3 is 2.32 bits per heavy atom. The summed E-state index contributed by atoms with van der Waals surface area (Å²) < 4.78 is 50.0. The van der Waals surface area contributed by atoms with Gasteiger partial charge in [-0.1, -0.05) is 12.1 Å². The van der Waals surface area contributed by atoms with Gasteiger partial charge in [0.25, 0.3) is 0 Å². The number of halogens is 3. The smallest absolute Gasteiger partial charge is 0.418 e. The van der Waals surface area contributed by atoms with Crippen LogP contribution in [0.3, 0.4) is 0 Å². The van der Waals surface area contributed by atoms with Gasteiger partial charge in [0.15, 0.2) is 0 Å². The summed E-state index contributed by atoms with van der Waals surface area (Å²) in [6.07, 6.45) is -4.67. The molecule has 0 heterocycles. The zero-order chi connectivity index (χ0) is 20.9. The minimum absolute atomic E-state index is 0.293. The van der Waals surface area contributed by atoms with Crippen molar-refractivity contribution in [2.75, 3.05) is 31.0 Å². The first kappa shape index (κ1) is 21.1. The van der Waals surface area contributed by atoms with Crippen LogP contribution in [0.15, 0.2) is 42.5 Å². The van der Waals surface area contributed by atoms with E-state index in [1.807, 2.05) is 0 Å². The van der Waals surface area contributed by atoms with Crippen LogP contribution in [0.4, 0.5) is 24.5 Å². The number of methoxy groups -OCH3 is 2. The molecule has 0 radical (unpaired) electrons. The number of alkyl halides is 3. The number of anilines is 2. The van der Waals surface area contributed by atoms with Gasteiger partial charge in [-0.2, -0.15) is 13.2 Å². The lowest BCUT2D eigenvalue weighted by molar-refractivity contribution is -0.137. The number of ether oxygens (including phenoxy) is 2. The van der Waals surface area contributed by atoms with Gasteiger partial charge in [0.1, 0.15) is 18.0 Å². The predicted octanol–water partition coefficient (Wildman–Crippen LogP) is 3.71. The predicted molar refractivity (Wildman–Crippen MR) is 97.6 cm³/mol. The highest BCUT2D eigenvalue weighted by molar-refractivity contribution is 6.02. The van der Waals surface area contributed by atoms with Crippen LogP contribution in [-0.2, 0) is 15.8 Å². The number of hydrogen-bond acceptors (Lipinski definition) is 4. The molecule has 9 heteroatoms. The van der Waals surface area contributed by atoms with Gasteiger partial charge in [-0.3, -0.25) is 9.59 Å². The highest BCUT2D eigenvalue weighted by atomic mass is 19.4. The summed E-state index contributed by atoms with van der Waals surface area (Å²) in [6, 6.07) is 9.23. The van der Waals surface area contributed by atoms with Crippen molar-refractivity contribution >= 4 is 23.2 Å². The molecule has 0 saturated heterocycles. The van der Waals surface area contributed by atoms with Crippen molar-refractivity contribution in [2.45, 2.75) is 13.1 Å². The zero-order valence-corrected chi connectivity index (χ0v) is 15.5. The van der Waals surface area contributed by atoms with Crippen molar-refractivity contribution in [3.63, 3.8) is 0 Å². The molecule has 2 rings (SSSR count). The largest absolute Gasteiger partial charge is 0.497 e. The highest BCUT2D eigenvalue weighted by Gasteiger charge is 2.35. The molecular formula is C19H19F3N2O4. The second-order valence-corrected chi connectivity index (χ2v) is 5.73. The number of rotatable bonds is 6. The average molecular weight is 396 g/mol. The second-order valence-electron chi connectivity index (χ2n) is 5.73. The van der Waals surface area contributed by atoms with Crippen molar-refractivity contribution < 1.29 is 32.2 Å². The van der Waals surface area contributed by atoms with Gasteiger partial charge in [-0.25, -0.2) is 0 Å². The first-order valence-corrected chi connectivity index (χ1v) is 8.13. The second kappa shape index (κ2) is 8.64. The first-order valence-electron chi connectivity index (χ1n) is 8.13. The number of amides is 2. The van der Waals surface area contributed by atoms with Gasteiger partial charge in [0, 0.05) is 13.0 Å². The fraction of sp³-hybridized carbons (Fsp3) is 0.263.